The van der Waals surface area contributed by atoms with Crippen molar-refractivity contribution < 1.29 is 4.42 Å². The monoisotopic (exact) mass is 222 g/mol. The molecule has 2 heterocycles. The van der Waals surface area contributed by atoms with Crippen LogP contribution < -0.4 is 5.32 Å². The molecule has 1 fully saturated rings. The minimum atomic E-state index is 0.453. The molecule has 1 saturated heterocycles. The van der Waals surface area contributed by atoms with E-state index in [0.717, 1.165) is 31.2 Å². The maximum absolute atomic E-state index is 5.62. The topological polar surface area (TPSA) is 28.4 Å². The molecule has 3 nitrogen and oxygen atoms in total. The van der Waals surface area contributed by atoms with E-state index in [1.807, 2.05) is 6.92 Å². The highest BCUT2D eigenvalue weighted by Crippen LogP contribution is 2.28. The molecule has 3 heteroatoms. The van der Waals surface area contributed by atoms with Crippen molar-refractivity contribution >= 4 is 0 Å². The van der Waals surface area contributed by atoms with Gasteiger partial charge in [0.15, 0.2) is 0 Å². The molecule has 0 spiro atoms. The lowest BCUT2D eigenvalue weighted by atomic mass is 10.0. The highest BCUT2D eigenvalue weighted by Gasteiger charge is 2.29. The van der Waals surface area contributed by atoms with Crippen LogP contribution in [-0.2, 0) is 0 Å². The summed E-state index contributed by atoms with van der Waals surface area (Å²) in [5, 5.41) is 3.34. The molecule has 1 aromatic heterocycles. The summed E-state index contributed by atoms with van der Waals surface area (Å²) in [4.78, 5) is 2.55. The van der Waals surface area contributed by atoms with E-state index >= 15 is 0 Å². The van der Waals surface area contributed by atoms with Gasteiger partial charge in [-0.1, -0.05) is 6.92 Å². The second-order valence-electron chi connectivity index (χ2n) is 4.69. The van der Waals surface area contributed by atoms with Gasteiger partial charge in [-0.25, -0.2) is 0 Å². The van der Waals surface area contributed by atoms with Gasteiger partial charge in [0.1, 0.15) is 11.5 Å². The molecule has 1 unspecified atom stereocenters. The lowest BCUT2D eigenvalue weighted by Crippen LogP contribution is -2.57. The highest BCUT2D eigenvalue weighted by atomic mass is 16.3. The van der Waals surface area contributed by atoms with Crippen molar-refractivity contribution in [2.45, 2.75) is 39.8 Å². The Hall–Kier alpha value is -0.800. The summed E-state index contributed by atoms with van der Waals surface area (Å²) in [6.07, 6.45) is 0. The van der Waals surface area contributed by atoms with Gasteiger partial charge in [0.25, 0.3) is 0 Å². The van der Waals surface area contributed by atoms with Crippen molar-refractivity contribution in [3.8, 4) is 0 Å². The summed E-state index contributed by atoms with van der Waals surface area (Å²) in [6, 6.07) is 3.32. The Morgan fingerprint density at radius 1 is 1.50 bits per heavy atom. The van der Waals surface area contributed by atoms with Crippen LogP contribution in [0.4, 0.5) is 0 Å². The Bertz CT molecular complexity index is 355. The Labute approximate surface area is 97.8 Å². The van der Waals surface area contributed by atoms with Crippen LogP contribution in [0.3, 0.4) is 0 Å². The Balaban J connectivity index is 2.15. The smallest absolute Gasteiger partial charge is 0.105 e. The fourth-order valence-electron chi connectivity index (χ4n) is 2.60. The summed E-state index contributed by atoms with van der Waals surface area (Å²) in [7, 11) is 0. The fraction of sp³-hybridized carbons (Fsp3) is 0.692. The van der Waals surface area contributed by atoms with Gasteiger partial charge >= 0.3 is 0 Å². The molecule has 90 valence electrons. The van der Waals surface area contributed by atoms with Crippen molar-refractivity contribution in [3.05, 3.63) is 23.2 Å². The second-order valence-corrected chi connectivity index (χ2v) is 4.69. The van der Waals surface area contributed by atoms with E-state index in [2.05, 4.69) is 37.1 Å². The van der Waals surface area contributed by atoms with E-state index in [0.29, 0.717) is 12.1 Å². The summed E-state index contributed by atoms with van der Waals surface area (Å²) < 4.78 is 5.62. The predicted molar refractivity (Wildman–Crippen MR) is 65.6 cm³/mol. The predicted octanol–water partition coefficient (Wildman–Crippen LogP) is 2.25. The summed E-state index contributed by atoms with van der Waals surface area (Å²) in [5.74, 6) is 2.08. The van der Waals surface area contributed by atoms with Gasteiger partial charge in [0, 0.05) is 30.7 Å². The molecule has 0 saturated carbocycles. The van der Waals surface area contributed by atoms with Crippen LogP contribution in [0.2, 0.25) is 0 Å². The van der Waals surface area contributed by atoms with E-state index < -0.39 is 0 Å². The van der Waals surface area contributed by atoms with E-state index in [-0.39, 0.29) is 0 Å². The van der Waals surface area contributed by atoms with Crippen LogP contribution >= 0.6 is 0 Å². The molecule has 1 aliphatic heterocycles. The first-order valence-corrected chi connectivity index (χ1v) is 6.16. The van der Waals surface area contributed by atoms with E-state index in [4.69, 9.17) is 4.42 Å². The molecular weight excluding hydrogens is 200 g/mol. The summed E-state index contributed by atoms with van der Waals surface area (Å²) >= 11 is 0. The molecule has 0 radical (unpaired) electrons. The van der Waals surface area contributed by atoms with Gasteiger partial charge in [0.2, 0.25) is 0 Å². The molecule has 16 heavy (non-hydrogen) atoms. The molecule has 0 amide bonds. The lowest BCUT2D eigenvalue weighted by Gasteiger charge is -2.41. The standard InChI is InChI=1S/C13H22N2O/c1-5-15(12-7-14-8-12)10(3)13-6-9(2)16-11(13)4/h6,10,12,14H,5,7-8H2,1-4H3. The quantitative estimate of drug-likeness (QED) is 0.847. The molecule has 0 bridgehead atoms. The van der Waals surface area contributed by atoms with E-state index in [1.165, 1.54) is 5.56 Å². The molecule has 2 rings (SSSR count). The second kappa shape index (κ2) is 4.60. The van der Waals surface area contributed by atoms with Crippen LogP contribution in [-0.4, -0.2) is 30.6 Å². The average Bonchev–Trinajstić information content (AvgIpc) is 2.50. The highest BCUT2D eigenvalue weighted by molar-refractivity contribution is 5.24. The van der Waals surface area contributed by atoms with Crippen molar-refractivity contribution in [2.24, 2.45) is 0 Å². The number of hydrogen-bond donors (Lipinski definition) is 1. The lowest BCUT2D eigenvalue weighted by molar-refractivity contribution is 0.109. The molecule has 1 N–H and O–H groups in total. The Kier molecular flexibility index (Phi) is 3.36. The largest absolute Gasteiger partial charge is 0.466 e. The first-order valence-electron chi connectivity index (χ1n) is 6.16. The van der Waals surface area contributed by atoms with Gasteiger partial charge in [0.05, 0.1) is 0 Å². The van der Waals surface area contributed by atoms with Crippen LogP contribution in [0.1, 0.15) is 37.0 Å². The third-order valence-corrected chi connectivity index (χ3v) is 3.62. The number of furan rings is 1. The van der Waals surface area contributed by atoms with Gasteiger partial charge in [-0.05, 0) is 33.4 Å². The maximum Gasteiger partial charge on any atom is 0.105 e. The number of nitrogens with one attached hydrogen (secondary N) is 1. The van der Waals surface area contributed by atoms with Gasteiger partial charge in [-0.3, -0.25) is 4.90 Å². The summed E-state index contributed by atoms with van der Waals surface area (Å²) in [5.41, 5.74) is 1.34. The zero-order chi connectivity index (χ0) is 11.7. The number of likely N-dealkylation sites (N-methyl/N-ethyl adjacent to an activating group) is 1. The van der Waals surface area contributed by atoms with Crippen molar-refractivity contribution in [1.82, 2.24) is 10.2 Å². The molecular formula is C13H22N2O. The summed E-state index contributed by atoms with van der Waals surface area (Å²) in [6.45, 7) is 11.9. The molecule has 0 aromatic carbocycles. The zero-order valence-corrected chi connectivity index (χ0v) is 10.7. The number of nitrogens with zero attached hydrogens (tertiary/aromatic N) is 1. The minimum absolute atomic E-state index is 0.453. The molecule has 0 aliphatic carbocycles. The van der Waals surface area contributed by atoms with Crippen molar-refractivity contribution in [1.29, 1.82) is 0 Å². The third kappa shape index (κ3) is 2.02. The Morgan fingerprint density at radius 2 is 2.19 bits per heavy atom. The number of hydrogen-bond acceptors (Lipinski definition) is 3. The van der Waals surface area contributed by atoms with E-state index in [9.17, 15) is 0 Å². The van der Waals surface area contributed by atoms with Gasteiger partial charge in [-0.15, -0.1) is 0 Å². The maximum atomic E-state index is 5.62. The van der Waals surface area contributed by atoms with Crippen LogP contribution in [0, 0.1) is 13.8 Å². The zero-order valence-electron chi connectivity index (χ0n) is 10.7. The molecule has 1 atom stereocenters. The van der Waals surface area contributed by atoms with Crippen LogP contribution in [0.25, 0.3) is 0 Å². The molecule has 1 aliphatic rings. The van der Waals surface area contributed by atoms with Crippen LogP contribution in [0.15, 0.2) is 10.5 Å². The fourth-order valence-corrected chi connectivity index (χ4v) is 2.60. The first-order chi connectivity index (χ1) is 7.63. The SMILES string of the molecule is CCN(C1CNC1)C(C)c1cc(C)oc1C. The van der Waals surface area contributed by atoms with Gasteiger partial charge in [-0.2, -0.15) is 0 Å². The number of aryl methyl sites for hydroxylation is 2. The van der Waals surface area contributed by atoms with Crippen molar-refractivity contribution in [3.63, 3.8) is 0 Å². The minimum Gasteiger partial charge on any atom is -0.466 e. The Morgan fingerprint density at radius 3 is 2.56 bits per heavy atom. The third-order valence-electron chi connectivity index (χ3n) is 3.62. The number of rotatable bonds is 4. The van der Waals surface area contributed by atoms with Gasteiger partial charge < -0.3 is 9.73 Å². The first kappa shape index (κ1) is 11.7. The van der Waals surface area contributed by atoms with Crippen molar-refractivity contribution in [2.75, 3.05) is 19.6 Å². The normalized spacial score (nSPS) is 18.8. The molecule has 1 aromatic rings. The average molecular weight is 222 g/mol. The van der Waals surface area contributed by atoms with Crippen LogP contribution in [0.5, 0.6) is 0 Å². The van der Waals surface area contributed by atoms with E-state index in [1.54, 1.807) is 0 Å².